The minimum atomic E-state index is -0.275. The van der Waals surface area contributed by atoms with Crippen molar-refractivity contribution in [3.63, 3.8) is 0 Å². The molecule has 2 aromatic heterocycles. The van der Waals surface area contributed by atoms with Gasteiger partial charge in [0.1, 0.15) is 5.82 Å². The zero-order valence-corrected chi connectivity index (χ0v) is 21.6. The van der Waals surface area contributed by atoms with E-state index in [4.69, 9.17) is 4.99 Å². The van der Waals surface area contributed by atoms with Crippen molar-refractivity contribution >= 4 is 33.0 Å². The summed E-state index contributed by atoms with van der Waals surface area (Å²) in [6.45, 7) is 2.39. The van der Waals surface area contributed by atoms with Gasteiger partial charge in [0, 0.05) is 16.9 Å². The monoisotopic (exact) mass is 548 g/mol. The van der Waals surface area contributed by atoms with Crippen LogP contribution in [-0.2, 0) is 13.6 Å². The number of hydrogen-bond acceptors (Lipinski definition) is 3. The van der Waals surface area contributed by atoms with E-state index in [1.807, 2.05) is 78.6 Å². The van der Waals surface area contributed by atoms with Crippen molar-refractivity contribution in [2.24, 2.45) is 12.0 Å². The highest BCUT2D eigenvalue weighted by molar-refractivity contribution is 9.10. The van der Waals surface area contributed by atoms with Crippen LogP contribution < -0.4 is 10.4 Å². The maximum absolute atomic E-state index is 13.5. The predicted molar refractivity (Wildman–Crippen MR) is 142 cm³/mol. The van der Waals surface area contributed by atoms with E-state index >= 15 is 0 Å². The second-order valence-electron chi connectivity index (χ2n) is 8.14. The number of hydrogen-bond donors (Lipinski definition) is 0. The molecule has 5 aromatic rings. The highest BCUT2D eigenvalue weighted by Crippen LogP contribution is 2.24. The van der Waals surface area contributed by atoms with Gasteiger partial charge in [0.15, 0.2) is 10.5 Å². The van der Waals surface area contributed by atoms with Gasteiger partial charge >= 0.3 is 0 Å². The second-order valence-corrected chi connectivity index (χ2v) is 9.90. The van der Waals surface area contributed by atoms with Crippen LogP contribution in [0.1, 0.15) is 11.3 Å². The van der Waals surface area contributed by atoms with Crippen molar-refractivity contribution in [3.8, 4) is 16.9 Å². The van der Waals surface area contributed by atoms with Crippen molar-refractivity contribution < 1.29 is 4.39 Å². The Bertz CT molecular complexity index is 1610. The van der Waals surface area contributed by atoms with E-state index in [1.165, 1.54) is 23.5 Å². The number of benzene rings is 3. The number of aromatic nitrogens is 3. The van der Waals surface area contributed by atoms with Gasteiger partial charge < -0.3 is 4.57 Å². The third-order valence-electron chi connectivity index (χ3n) is 5.92. The lowest BCUT2D eigenvalue weighted by atomic mass is 10.1. The molecular formula is C27H22BrFN4OS. The van der Waals surface area contributed by atoms with Crippen LogP contribution in [0.5, 0.6) is 0 Å². The molecule has 8 heteroatoms. The molecule has 3 aromatic carbocycles. The molecule has 0 N–H and O–H groups in total. The number of nitrogens with zero attached hydrogens (tertiary/aromatic N) is 4. The smallest absolute Gasteiger partial charge is 0.297 e. The zero-order chi connectivity index (χ0) is 24.5. The maximum atomic E-state index is 13.5. The Hall–Kier alpha value is -3.49. The van der Waals surface area contributed by atoms with Gasteiger partial charge in [-0.25, -0.2) is 14.1 Å². The van der Waals surface area contributed by atoms with Gasteiger partial charge in [0.05, 0.1) is 23.6 Å². The first-order chi connectivity index (χ1) is 16.9. The van der Waals surface area contributed by atoms with Crippen LogP contribution in [0, 0.1) is 12.7 Å². The molecule has 0 aliphatic heterocycles. The summed E-state index contributed by atoms with van der Waals surface area (Å²) < 4.78 is 20.0. The molecule has 0 aliphatic carbocycles. The molecule has 0 unspecified atom stereocenters. The number of rotatable bonds is 5. The Morgan fingerprint density at radius 1 is 0.971 bits per heavy atom. The SMILES string of the molecule is Cc1c(N=c2scc(-c3ccc(Br)cc3)n2Cc2ccc(F)cc2)c(=O)n(-c2ccccc2)n1C. The molecule has 0 spiro atoms. The third-order valence-corrected chi connectivity index (χ3v) is 7.32. The molecule has 0 bridgehead atoms. The average Bonchev–Trinajstić information content (AvgIpc) is 3.35. The van der Waals surface area contributed by atoms with Crippen LogP contribution in [0.15, 0.2) is 98.5 Å². The number of thiazole rings is 1. The Balaban J connectivity index is 1.69. The van der Waals surface area contributed by atoms with Crippen molar-refractivity contribution in [3.05, 3.63) is 121 Å². The standard InChI is InChI=1S/C27H22BrFN4OS/c1-18-25(26(34)33(31(18)2)23-6-4-3-5-7-23)30-27-32(16-19-8-14-22(29)15-9-19)24(17-35-27)20-10-12-21(28)13-11-20/h3-15,17H,16H2,1-2H3. The van der Waals surface area contributed by atoms with Crippen molar-refractivity contribution in [2.45, 2.75) is 13.5 Å². The quantitative estimate of drug-likeness (QED) is 0.258. The van der Waals surface area contributed by atoms with E-state index in [0.717, 1.165) is 32.7 Å². The highest BCUT2D eigenvalue weighted by atomic mass is 79.9. The van der Waals surface area contributed by atoms with E-state index < -0.39 is 0 Å². The molecular weight excluding hydrogens is 527 g/mol. The first kappa shape index (κ1) is 23.3. The molecule has 0 fully saturated rings. The first-order valence-corrected chi connectivity index (χ1v) is 12.7. The van der Waals surface area contributed by atoms with Gasteiger partial charge in [-0.05, 0) is 54.4 Å². The lowest BCUT2D eigenvalue weighted by molar-refractivity contribution is 0.626. The predicted octanol–water partition coefficient (Wildman–Crippen LogP) is 6.20. The fourth-order valence-electron chi connectivity index (χ4n) is 3.97. The molecule has 176 valence electrons. The molecule has 5 rings (SSSR count). The Morgan fingerprint density at radius 3 is 2.34 bits per heavy atom. The average molecular weight is 549 g/mol. The van der Waals surface area contributed by atoms with Gasteiger partial charge in [-0.2, -0.15) is 0 Å². The molecule has 35 heavy (non-hydrogen) atoms. The van der Waals surface area contributed by atoms with E-state index in [1.54, 1.807) is 16.8 Å². The van der Waals surface area contributed by atoms with Crippen LogP contribution in [0.25, 0.3) is 16.9 Å². The molecule has 0 saturated heterocycles. The molecule has 0 atom stereocenters. The Kier molecular flexibility index (Phi) is 6.40. The van der Waals surface area contributed by atoms with Crippen LogP contribution in [0.2, 0.25) is 0 Å². The maximum Gasteiger partial charge on any atom is 0.297 e. The van der Waals surface area contributed by atoms with Gasteiger partial charge in [0.25, 0.3) is 5.56 Å². The molecule has 0 saturated carbocycles. The summed E-state index contributed by atoms with van der Waals surface area (Å²) in [5.41, 5.74) is 4.71. The highest BCUT2D eigenvalue weighted by Gasteiger charge is 2.17. The van der Waals surface area contributed by atoms with Crippen molar-refractivity contribution in [1.29, 1.82) is 0 Å². The van der Waals surface area contributed by atoms with Crippen LogP contribution in [0.3, 0.4) is 0 Å². The summed E-state index contributed by atoms with van der Waals surface area (Å²) >= 11 is 4.97. The minimum Gasteiger partial charge on any atom is -0.312 e. The number of halogens is 2. The summed E-state index contributed by atoms with van der Waals surface area (Å²) in [5.74, 6) is -0.275. The molecule has 0 aliphatic rings. The first-order valence-electron chi connectivity index (χ1n) is 11.0. The molecule has 0 amide bonds. The van der Waals surface area contributed by atoms with Gasteiger partial charge in [-0.15, -0.1) is 11.3 Å². The Labute approximate surface area is 214 Å². The van der Waals surface area contributed by atoms with Crippen LogP contribution in [-0.4, -0.2) is 13.9 Å². The number of para-hydroxylation sites is 1. The van der Waals surface area contributed by atoms with E-state index in [9.17, 15) is 9.18 Å². The molecule has 2 heterocycles. The van der Waals surface area contributed by atoms with Gasteiger partial charge in [-0.1, -0.05) is 58.4 Å². The fraction of sp³-hybridized carbons (Fsp3) is 0.111. The second kappa shape index (κ2) is 9.64. The lowest BCUT2D eigenvalue weighted by Gasteiger charge is -2.10. The lowest BCUT2D eigenvalue weighted by Crippen LogP contribution is -2.20. The summed E-state index contributed by atoms with van der Waals surface area (Å²) in [7, 11) is 1.86. The minimum absolute atomic E-state index is 0.178. The van der Waals surface area contributed by atoms with E-state index in [-0.39, 0.29) is 11.4 Å². The topological polar surface area (TPSA) is 44.2 Å². The molecule has 5 nitrogen and oxygen atoms in total. The van der Waals surface area contributed by atoms with Crippen LogP contribution >= 0.6 is 27.3 Å². The van der Waals surface area contributed by atoms with Crippen LogP contribution in [0.4, 0.5) is 10.1 Å². The third kappa shape index (κ3) is 4.59. The van der Waals surface area contributed by atoms with Gasteiger partial charge in [0.2, 0.25) is 0 Å². The van der Waals surface area contributed by atoms with E-state index in [2.05, 4.69) is 20.5 Å². The summed E-state index contributed by atoms with van der Waals surface area (Å²) in [6.07, 6.45) is 0. The normalized spacial score (nSPS) is 11.8. The summed E-state index contributed by atoms with van der Waals surface area (Å²) in [5, 5.41) is 2.04. The fourth-order valence-corrected chi connectivity index (χ4v) is 5.15. The van der Waals surface area contributed by atoms with Gasteiger partial charge in [-0.3, -0.25) is 9.48 Å². The Morgan fingerprint density at radius 2 is 1.66 bits per heavy atom. The zero-order valence-electron chi connectivity index (χ0n) is 19.2. The summed E-state index contributed by atoms with van der Waals surface area (Å²) in [6, 6.07) is 24.0. The largest absolute Gasteiger partial charge is 0.312 e. The van der Waals surface area contributed by atoms with Crippen molar-refractivity contribution in [2.75, 3.05) is 0 Å². The van der Waals surface area contributed by atoms with Crippen molar-refractivity contribution in [1.82, 2.24) is 13.9 Å². The molecule has 0 radical (unpaired) electrons. The summed E-state index contributed by atoms with van der Waals surface area (Å²) in [4.78, 5) is 19.0. The van der Waals surface area contributed by atoms with E-state index in [0.29, 0.717) is 17.0 Å².